The highest BCUT2D eigenvalue weighted by molar-refractivity contribution is 6.32. The number of nitrogens with one attached hydrogen (secondary N) is 1. The van der Waals surface area contributed by atoms with Gasteiger partial charge >= 0.3 is 11.7 Å². The molecule has 0 fully saturated rings. The lowest BCUT2D eigenvalue weighted by molar-refractivity contribution is -0.150. The van der Waals surface area contributed by atoms with Gasteiger partial charge in [-0.3, -0.25) is 4.79 Å². The fourth-order valence-electron chi connectivity index (χ4n) is 2.91. The first kappa shape index (κ1) is 23.1. The van der Waals surface area contributed by atoms with E-state index in [1.54, 1.807) is 44.2 Å². The van der Waals surface area contributed by atoms with E-state index in [1.165, 1.54) is 19.2 Å². The van der Waals surface area contributed by atoms with Gasteiger partial charge in [0.15, 0.2) is 17.6 Å². The minimum absolute atomic E-state index is 0.160. The molecule has 168 valence electrons. The third kappa shape index (κ3) is 5.00. The zero-order chi connectivity index (χ0) is 23.3. The Balaban J connectivity index is 1.97. The van der Waals surface area contributed by atoms with Gasteiger partial charge in [0, 0.05) is 0 Å². The lowest BCUT2D eigenvalue weighted by Crippen LogP contribution is -2.32. The fourth-order valence-corrected chi connectivity index (χ4v) is 3.17. The van der Waals surface area contributed by atoms with Gasteiger partial charge in [0.1, 0.15) is 0 Å². The molecule has 0 spiro atoms. The number of esters is 1. The maximum Gasteiger partial charge on any atom is 0.349 e. The van der Waals surface area contributed by atoms with E-state index in [0.717, 1.165) is 4.68 Å². The third-order valence-corrected chi connectivity index (χ3v) is 4.63. The van der Waals surface area contributed by atoms with Crippen LogP contribution in [0, 0.1) is 0 Å². The molecule has 0 radical (unpaired) electrons. The molecule has 0 bridgehead atoms. The lowest BCUT2D eigenvalue weighted by atomic mass is 10.2. The maximum atomic E-state index is 12.6. The molecular formula is C22H22ClN3O6. The Kier molecular flexibility index (Phi) is 7.32. The van der Waals surface area contributed by atoms with Gasteiger partial charge in [-0.25, -0.2) is 9.59 Å². The molecule has 0 saturated carbocycles. The van der Waals surface area contributed by atoms with Gasteiger partial charge < -0.3 is 19.2 Å². The van der Waals surface area contributed by atoms with E-state index >= 15 is 0 Å². The van der Waals surface area contributed by atoms with Crippen molar-refractivity contribution in [3.8, 4) is 11.5 Å². The molecule has 0 saturated heterocycles. The Hall–Kier alpha value is -3.59. The summed E-state index contributed by atoms with van der Waals surface area (Å²) in [5, 5.41) is 4.51. The molecule has 0 aliphatic rings. The number of para-hydroxylation sites is 1. The maximum absolute atomic E-state index is 12.6. The van der Waals surface area contributed by atoms with Crippen molar-refractivity contribution in [2.75, 3.05) is 13.2 Å². The number of carbonyl (C=O) groups is 1. The number of carbonyl (C=O) groups excluding carboxylic acids is 1. The minimum atomic E-state index is -0.902. The largest absolute Gasteiger partial charge is 0.490 e. The standard InChI is InChI=1S/C22H22ClN3O6/c1-4-30-18-11-14(10-16(23)19(18)32-13(3)21(28)31-5-2)12-24-26-20(27)15-8-6-7-9-17(15)25-22(26)29/h6-13H,4-5H2,1-3H3,(H,25,29). The second kappa shape index (κ2) is 10.1. The number of hydrogen-bond donors (Lipinski definition) is 1. The van der Waals surface area contributed by atoms with Gasteiger partial charge in [-0.05, 0) is 50.6 Å². The molecule has 1 atom stereocenters. The van der Waals surface area contributed by atoms with Crippen molar-refractivity contribution in [1.29, 1.82) is 0 Å². The minimum Gasteiger partial charge on any atom is -0.490 e. The summed E-state index contributed by atoms with van der Waals surface area (Å²) >= 11 is 6.36. The summed E-state index contributed by atoms with van der Waals surface area (Å²) in [5.74, 6) is -0.0872. The first-order valence-corrected chi connectivity index (χ1v) is 10.3. The van der Waals surface area contributed by atoms with Gasteiger partial charge in [-0.15, -0.1) is 4.68 Å². The Morgan fingerprint density at radius 2 is 1.97 bits per heavy atom. The van der Waals surface area contributed by atoms with Crippen molar-refractivity contribution >= 4 is 34.7 Å². The van der Waals surface area contributed by atoms with Crippen LogP contribution in [0.3, 0.4) is 0 Å². The number of hydrogen-bond acceptors (Lipinski definition) is 7. The number of aromatic nitrogens is 2. The fraction of sp³-hybridized carbons (Fsp3) is 0.273. The van der Waals surface area contributed by atoms with Crippen LogP contribution in [-0.4, -0.2) is 41.2 Å². The summed E-state index contributed by atoms with van der Waals surface area (Å²) in [6.45, 7) is 5.55. The normalized spacial score (nSPS) is 12.1. The van der Waals surface area contributed by atoms with Crippen LogP contribution in [-0.2, 0) is 9.53 Å². The van der Waals surface area contributed by atoms with Crippen molar-refractivity contribution in [2.24, 2.45) is 5.10 Å². The lowest BCUT2D eigenvalue weighted by Gasteiger charge is -2.18. The highest BCUT2D eigenvalue weighted by Gasteiger charge is 2.21. The Morgan fingerprint density at radius 3 is 2.69 bits per heavy atom. The van der Waals surface area contributed by atoms with Gasteiger partial charge in [-0.2, -0.15) is 5.10 Å². The van der Waals surface area contributed by atoms with Crippen LogP contribution in [0.25, 0.3) is 10.9 Å². The van der Waals surface area contributed by atoms with E-state index in [-0.39, 0.29) is 23.1 Å². The third-order valence-electron chi connectivity index (χ3n) is 4.35. The Labute approximate surface area is 188 Å². The molecule has 9 nitrogen and oxygen atoms in total. The molecule has 0 aliphatic heterocycles. The number of rotatable bonds is 8. The number of aromatic amines is 1. The summed E-state index contributed by atoms with van der Waals surface area (Å²) in [7, 11) is 0. The smallest absolute Gasteiger partial charge is 0.349 e. The number of fused-ring (bicyclic) bond motifs is 1. The topological polar surface area (TPSA) is 112 Å². The second-order valence-electron chi connectivity index (χ2n) is 6.61. The predicted octanol–water partition coefficient (Wildman–Crippen LogP) is 2.95. The molecule has 0 aliphatic carbocycles. The van der Waals surface area contributed by atoms with E-state index in [2.05, 4.69) is 10.1 Å². The summed E-state index contributed by atoms with van der Waals surface area (Å²) in [5.41, 5.74) is -0.355. The zero-order valence-electron chi connectivity index (χ0n) is 17.8. The molecule has 3 aromatic rings. The first-order valence-electron chi connectivity index (χ1n) is 9.93. The number of halogens is 1. The van der Waals surface area contributed by atoms with Crippen LogP contribution in [0.1, 0.15) is 26.3 Å². The Bertz CT molecular complexity index is 1280. The van der Waals surface area contributed by atoms with Crippen LogP contribution >= 0.6 is 11.6 Å². The SMILES string of the molecule is CCOC(=O)C(C)Oc1c(Cl)cc(C=Nn2c(=O)[nH]c3ccccc3c2=O)cc1OCC. The molecule has 1 N–H and O–H groups in total. The average Bonchev–Trinajstić information content (AvgIpc) is 2.76. The van der Waals surface area contributed by atoms with Gasteiger partial charge in [-0.1, -0.05) is 23.7 Å². The summed E-state index contributed by atoms with van der Waals surface area (Å²) in [6, 6.07) is 9.74. The molecule has 32 heavy (non-hydrogen) atoms. The molecule has 10 heteroatoms. The van der Waals surface area contributed by atoms with Crippen molar-refractivity contribution in [3.05, 3.63) is 67.8 Å². The van der Waals surface area contributed by atoms with Gasteiger partial charge in [0.25, 0.3) is 5.56 Å². The van der Waals surface area contributed by atoms with E-state index in [0.29, 0.717) is 23.1 Å². The highest BCUT2D eigenvalue weighted by Crippen LogP contribution is 2.37. The van der Waals surface area contributed by atoms with E-state index in [4.69, 9.17) is 25.8 Å². The molecule has 1 unspecified atom stereocenters. The zero-order valence-corrected chi connectivity index (χ0v) is 18.5. The van der Waals surface area contributed by atoms with Crippen molar-refractivity contribution in [2.45, 2.75) is 26.9 Å². The summed E-state index contributed by atoms with van der Waals surface area (Å²) in [4.78, 5) is 39.4. The van der Waals surface area contributed by atoms with Crippen LogP contribution in [0.4, 0.5) is 0 Å². The van der Waals surface area contributed by atoms with Crippen molar-refractivity contribution in [1.82, 2.24) is 9.66 Å². The van der Waals surface area contributed by atoms with Crippen LogP contribution in [0.5, 0.6) is 11.5 Å². The second-order valence-corrected chi connectivity index (χ2v) is 7.02. The van der Waals surface area contributed by atoms with E-state index in [9.17, 15) is 14.4 Å². The van der Waals surface area contributed by atoms with E-state index < -0.39 is 23.3 Å². The van der Waals surface area contributed by atoms with Crippen LogP contribution < -0.4 is 20.7 Å². The summed E-state index contributed by atoms with van der Waals surface area (Å²) in [6.07, 6.45) is 0.402. The number of benzene rings is 2. The molecule has 0 amide bonds. The monoisotopic (exact) mass is 459 g/mol. The van der Waals surface area contributed by atoms with Crippen LogP contribution in [0.15, 0.2) is 51.1 Å². The van der Waals surface area contributed by atoms with Gasteiger partial charge in [0.2, 0.25) is 0 Å². The Morgan fingerprint density at radius 1 is 1.22 bits per heavy atom. The summed E-state index contributed by atoms with van der Waals surface area (Å²) < 4.78 is 16.9. The number of nitrogens with zero attached hydrogens (tertiary/aromatic N) is 2. The molecule has 1 aromatic heterocycles. The molecule has 2 aromatic carbocycles. The van der Waals surface area contributed by atoms with Crippen molar-refractivity contribution in [3.63, 3.8) is 0 Å². The predicted molar refractivity (Wildman–Crippen MR) is 121 cm³/mol. The molecule has 3 rings (SSSR count). The number of H-pyrrole nitrogens is 1. The molecular weight excluding hydrogens is 438 g/mol. The molecule has 1 heterocycles. The quantitative estimate of drug-likeness (QED) is 0.409. The highest BCUT2D eigenvalue weighted by atomic mass is 35.5. The van der Waals surface area contributed by atoms with Crippen LogP contribution in [0.2, 0.25) is 5.02 Å². The van der Waals surface area contributed by atoms with Crippen molar-refractivity contribution < 1.29 is 19.0 Å². The number of ether oxygens (including phenoxy) is 3. The first-order chi connectivity index (χ1) is 15.3. The van der Waals surface area contributed by atoms with E-state index in [1.807, 2.05) is 0 Å². The average molecular weight is 460 g/mol. The van der Waals surface area contributed by atoms with Gasteiger partial charge in [0.05, 0.1) is 35.4 Å².